The van der Waals surface area contributed by atoms with Gasteiger partial charge in [0.05, 0.1) is 24.9 Å². The molecule has 1 aliphatic heterocycles. The van der Waals surface area contributed by atoms with Crippen molar-refractivity contribution in [1.82, 2.24) is 14.9 Å². The number of hydrogen-bond acceptors (Lipinski definition) is 3. The number of methoxy groups -OCH3 is 1. The summed E-state index contributed by atoms with van der Waals surface area (Å²) in [6.45, 7) is 0. The minimum Gasteiger partial charge on any atom is -0.497 e. The highest BCUT2D eigenvalue weighted by molar-refractivity contribution is 7.80. The van der Waals surface area contributed by atoms with E-state index in [0.29, 0.717) is 5.11 Å². The quantitative estimate of drug-likeness (QED) is 0.452. The first-order valence-corrected chi connectivity index (χ1v) is 10.5. The third kappa shape index (κ3) is 3.66. The Bertz CT molecular complexity index is 1190. The summed E-state index contributed by atoms with van der Waals surface area (Å²) in [5, 5.41) is 4.17. The van der Waals surface area contributed by atoms with Crippen LogP contribution in [0.2, 0.25) is 0 Å². The molecule has 6 heteroatoms. The van der Waals surface area contributed by atoms with Crippen LogP contribution in [0.5, 0.6) is 5.75 Å². The van der Waals surface area contributed by atoms with Crippen molar-refractivity contribution in [3.63, 3.8) is 0 Å². The van der Waals surface area contributed by atoms with E-state index in [4.69, 9.17) is 17.0 Å². The van der Waals surface area contributed by atoms with E-state index in [9.17, 15) is 0 Å². The minimum atomic E-state index is -0.0773. The van der Waals surface area contributed by atoms with Crippen molar-refractivity contribution in [2.75, 3.05) is 12.0 Å². The minimum absolute atomic E-state index is 0.0560. The highest BCUT2D eigenvalue weighted by atomic mass is 32.1. The van der Waals surface area contributed by atoms with E-state index in [1.54, 1.807) is 7.11 Å². The Morgan fingerprint density at radius 3 is 2.52 bits per heavy atom. The highest BCUT2D eigenvalue weighted by Gasteiger charge is 2.41. The van der Waals surface area contributed by atoms with E-state index in [2.05, 4.69) is 56.4 Å². The van der Waals surface area contributed by atoms with Crippen LogP contribution in [0.25, 0.3) is 5.69 Å². The molecule has 0 saturated carbocycles. The van der Waals surface area contributed by atoms with Gasteiger partial charge in [-0.15, -0.1) is 0 Å². The van der Waals surface area contributed by atoms with E-state index >= 15 is 0 Å². The van der Waals surface area contributed by atoms with Crippen LogP contribution < -0.4 is 15.0 Å². The molecule has 2 aromatic carbocycles. The standard InChI is InChI=1S/C25H22N4OS/c1-30-21-11-7-10-20(16-21)29-24(23(27-25(29)31)22-12-5-6-14-26-22)18-13-15-28(17-18)19-8-3-2-4-9-19/h2-17,23-24H,1H3,(H,27,31). The van der Waals surface area contributed by atoms with Crippen LogP contribution in [0.15, 0.2) is 97.5 Å². The van der Waals surface area contributed by atoms with Gasteiger partial charge in [0.25, 0.3) is 0 Å². The number of nitrogens with zero attached hydrogens (tertiary/aromatic N) is 3. The third-order valence-corrected chi connectivity index (χ3v) is 5.86. The van der Waals surface area contributed by atoms with E-state index < -0.39 is 0 Å². The first-order chi connectivity index (χ1) is 15.2. The number of aromatic nitrogens is 2. The summed E-state index contributed by atoms with van der Waals surface area (Å²) >= 11 is 5.80. The van der Waals surface area contributed by atoms with Crippen LogP contribution in [-0.4, -0.2) is 21.8 Å². The number of hydrogen-bond donors (Lipinski definition) is 1. The van der Waals surface area contributed by atoms with Crippen molar-refractivity contribution in [3.8, 4) is 11.4 Å². The third-order valence-electron chi connectivity index (χ3n) is 5.54. The van der Waals surface area contributed by atoms with Crippen LogP contribution in [0.3, 0.4) is 0 Å². The summed E-state index contributed by atoms with van der Waals surface area (Å²) in [6, 6.07) is 26.3. The molecule has 5 nitrogen and oxygen atoms in total. The second-order valence-corrected chi connectivity index (χ2v) is 7.77. The van der Waals surface area contributed by atoms with Crippen LogP contribution in [0, 0.1) is 0 Å². The molecule has 1 saturated heterocycles. The number of benzene rings is 2. The Kier molecular flexibility index (Phi) is 5.14. The van der Waals surface area contributed by atoms with Gasteiger partial charge in [0.2, 0.25) is 0 Å². The molecule has 1 aliphatic rings. The number of pyridine rings is 1. The molecule has 0 spiro atoms. The summed E-state index contributed by atoms with van der Waals surface area (Å²) in [7, 11) is 1.67. The SMILES string of the molecule is COc1cccc(N2C(=S)NC(c3ccccn3)C2c2ccn(-c3ccccc3)c2)c1. The molecule has 0 radical (unpaired) electrons. The van der Waals surface area contributed by atoms with E-state index in [-0.39, 0.29) is 12.1 Å². The number of para-hydroxylation sites is 1. The molecule has 2 aromatic heterocycles. The predicted molar refractivity (Wildman–Crippen MR) is 127 cm³/mol. The number of anilines is 1. The molecule has 2 atom stereocenters. The summed E-state index contributed by atoms with van der Waals surface area (Å²) < 4.78 is 7.59. The van der Waals surface area contributed by atoms with Gasteiger partial charge >= 0.3 is 0 Å². The lowest BCUT2D eigenvalue weighted by molar-refractivity contribution is 0.415. The van der Waals surface area contributed by atoms with Crippen molar-refractivity contribution in [1.29, 1.82) is 0 Å². The normalized spacial score (nSPS) is 18.1. The molecule has 1 fully saturated rings. The molecule has 1 N–H and O–H groups in total. The molecule has 154 valence electrons. The van der Waals surface area contributed by atoms with E-state index in [1.165, 1.54) is 0 Å². The number of rotatable bonds is 5. The fraction of sp³-hybridized carbons (Fsp3) is 0.120. The summed E-state index contributed by atoms with van der Waals surface area (Å²) in [5.41, 5.74) is 4.19. The molecule has 5 rings (SSSR count). The Hall–Kier alpha value is -3.64. The first-order valence-electron chi connectivity index (χ1n) is 10.1. The van der Waals surface area contributed by atoms with Gasteiger partial charge in [-0.05, 0) is 60.2 Å². The van der Waals surface area contributed by atoms with Gasteiger partial charge in [0, 0.05) is 36.0 Å². The van der Waals surface area contributed by atoms with Crippen molar-refractivity contribution in [2.45, 2.75) is 12.1 Å². The molecule has 2 unspecified atom stereocenters. The molecule has 0 amide bonds. The van der Waals surface area contributed by atoms with Crippen LogP contribution in [0.4, 0.5) is 5.69 Å². The van der Waals surface area contributed by atoms with Crippen molar-refractivity contribution in [3.05, 3.63) is 109 Å². The summed E-state index contributed by atoms with van der Waals surface area (Å²) in [6.07, 6.45) is 6.07. The van der Waals surface area contributed by atoms with Crippen molar-refractivity contribution >= 4 is 23.0 Å². The van der Waals surface area contributed by atoms with Gasteiger partial charge in [-0.3, -0.25) is 4.98 Å². The van der Waals surface area contributed by atoms with Crippen molar-refractivity contribution < 1.29 is 4.74 Å². The Balaban J connectivity index is 1.61. The Labute approximate surface area is 186 Å². The lowest BCUT2D eigenvalue weighted by atomic mass is 9.98. The smallest absolute Gasteiger partial charge is 0.174 e. The highest BCUT2D eigenvalue weighted by Crippen LogP contribution is 2.42. The summed E-state index contributed by atoms with van der Waals surface area (Å²) in [5.74, 6) is 0.794. The van der Waals surface area contributed by atoms with Gasteiger partial charge in [-0.1, -0.05) is 30.3 Å². The van der Waals surface area contributed by atoms with Gasteiger partial charge in [0.15, 0.2) is 5.11 Å². The van der Waals surface area contributed by atoms with Gasteiger partial charge < -0.3 is 19.5 Å². The van der Waals surface area contributed by atoms with Crippen LogP contribution in [0.1, 0.15) is 23.3 Å². The number of nitrogens with one attached hydrogen (secondary N) is 1. The van der Waals surface area contributed by atoms with E-state index in [0.717, 1.165) is 28.4 Å². The molecule has 4 aromatic rings. The molecule has 0 aliphatic carbocycles. The zero-order valence-electron chi connectivity index (χ0n) is 17.1. The molecule has 0 bridgehead atoms. The Morgan fingerprint density at radius 2 is 1.74 bits per heavy atom. The van der Waals surface area contributed by atoms with Crippen LogP contribution >= 0.6 is 12.2 Å². The van der Waals surface area contributed by atoms with E-state index in [1.807, 2.05) is 60.8 Å². The largest absolute Gasteiger partial charge is 0.497 e. The molecule has 3 heterocycles. The second kappa shape index (κ2) is 8.24. The Morgan fingerprint density at radius 1 is 0.935 bits per heavy atom. The molecular formula is C25H22N4OS. The van der Waals surface area contributed by atoms with Gasteiger partial charge in [-0.25, -0.2) is 0 Å². The number of ether oxygens (including phenoxy) is 1. The maximum absolute atomic E-state index is 5.80. The average molecular weight is 427 g/mol. The maximum Gasteiger partial charge on any atom is 0.174 e. The summed E-state index contributed by atoms with van der Waals surface area (Å²) in [4.78, 5) is 6.77. The first kappa shape index (κ1) is 19.3. The average Bonchev–Trinajstić information content (AvgIpc) is 3.45. The zero-order valence-corrected chi connectivity index (χ0v) is 17.9. The van der Waals surface area contributed by atoms with Crippen molar-refractivity contribution in [2.24, 2.45) is 0 Å². The molecule has 31 heavy (non-hydrogen) atoms. The second-order valence-electron chi connectivity index (χ2n) is 7.39. The zero-order chi connectivity index (χ0) is 21.2. The lowest BCUT2D eigenvalue weighted by Gasteiger charge is -2.27. The predicted octanol–water partition coefficient (Wildman–Crippen LogP) is 5.06. The monoisotopic (exact) mass is 426 g/mol. The lowest BCUT2D eigenvalue weighted by Crippen LogP contribution is -2.29. The fourth-order valence-electron chi connectivity index (χ4n) is 4.08. The van der Waals surface area contributed by atoms with Crippen LogP contribution in [-0.2, 0) is 0 Å². The maximum atomic E-state index is 5.80. The fourth-order valence-corrected chi connectivity index (χ4v) is 4.43. The van der Waals surface area contributed by atoms with Gasteiger partial charge in [0.1, 0.15) is 5.75 Å². The van der Waals surface area contributed by atoms with Gasteiger partial charge in [-0.2, -0.15) is 0 Å². The molecular weight excluding hydrogens is 404 g/mol. The topological polar surface area (TPSA) is 42.3 Å². The number of thiocarbonyl (C=S) groups is 1.